The zero-order valence-electron chi connectivity index (χ0n) is 23.4. The standard InChI is InChI=1S/C31H42FN5O3/c32-25-1-2-28(24(17-25)21-38)40-29-18-33-22-34-30(29)37-12-5-23(20-37)19-36-13-10-31(11-14-36)8-3-26(4-9-31)35-27-6-15-39-16-7-27/h1-2,17-18,21-23,26-27,35H,3-16,19-20H2. The predicted molar refractivity (Wildman–Crippen MR) is 152 cm³/mol. The van der Waals surface area contributed by atoms with Crippen LogP contribution in [-0.4, -0.2) is 79.2 Å². The van der Waals surface area contributed by atoms with Crippen molar-refractivity contribution in [2.24, 2.45) is 11.3 Å². The fraction of sp³-hybridized carbons (Fsp3) is 0.645. The lowest BCUT2D eigenvalue weighted by Gasteiger charge is -2.47. The summed E-state index contributed by atoms with van der Waals surface area (Å²) in [7, 11) is 0. The maximum absolute atomic E-state index is 13.6. The number of anilines is 1. The molecule has 4 fully saturated rings. The Bertz CT molecular complexity index is 1140. The third-order valence-corrected chi connectivity index (χ3v) is 9.74. The minimum Gasteiger partial charge on any atom is -0.451 e. The number of halogens is 1. The van der Waals surface area contributed by atoms with Gasteiger partial charge in [0.15, 0.2) is 17.9 Å². The molecule has 1 unspecified atom stereocenters. The average Bonchev–Trinajstić information content (AvgIpc) is 3.46. The van der Waals surface area contributed by atoms with Crippen LogP contribution in [0, 0.1) is 17.2 Å². The summed E-state index contributed by atoms with van der Waals surface area (Å²) in [5, 5.41) is 3.94. The summed E-state index contributed by atoms with van der Waals surface area (Å²) < 4.78 is 25.1. The van der Waals surface area contributed by atoms with Gasteiger partial charge in [-0.15, -0.1) is 0 Å². The van der Waals surface area contributed by atoms with Gasteiger partial charge in [-0.25, -0.2) is 14.4 Å². The number of hydrogen-bond acceptors (Lipinski definition) is 8. The van der Waals surface area contributed by atoms with Crippen LogP contribution in [0.15, 0.2) is 30.7 Å². The van der Waals surface area contributed by atoms with Crippen LogP contribution < -0.4 is 15.0 Å². The molecule has 1 saturated carbocycles. The van der Waals surface area contributed by atoms with E-state index in [2.05, 4.69) is 25.1 Å². The second kappa shape index (κ2) is 12.5. The highest BCUT2D eigenvalue weighted by molar-refractivity contribution is 5.79. The molecule has 4 aliphatic rings. The second-order valence-corrected chi connectivity index (χ2v) is 12.3. The molecule has 40 heavy (non-hydrogen) atoms. The summed E-state index contributed by atoms with van der Waals surface area (Å²) in [6.07, 6.45) is 15.2. The van der Waals surface area contributed by atoms with Gasteiger partial charge in [0.2, 0.25) is 0 Å². The average molecular weight is 552 g/mol. The topological polar surface area (TPSA) is 79.8 Å². The molecule has 1 spiro atoms. The molecule has 1 aromatic heterocycles. The molecule has 1 aliphatic carbocycles. The van der Waals surface area contributed by atoms with Gasteiger partial charge in [-0.1, -0.05) is 0 Å². The molecule has 216 valence electrons. The Balaban J connectivity index is 0.982. The van der Waals surface area contributed by atoms with Crippen LogP contribution in [0.5, 0.6) is 11.5 Å². The first-order valence-corrected chi connectivity index (χ1v) is 15.1. The van der Waals surface area contributed by atoms with Crippen LogP contribution in [0.4, 0.5) is 10.2 Å². The van der Waals surface area contributed by atoms with E-state index in [1.165, 1.54) is 76.1 Å². The summed E-state index contributed by atoms with van der Waals surface area (Å²) in [6.45, 7) is 7.17. The molecular formula is C31H42FN5O3. The monoisotopic (exact) mass is 551 g/mol. The molecule has 0 amide bonds. The number of hydrogen-bond donors (Lipinski definition) is 1. The Morgan fingerprint density at radius 3 is 2.58 bits per heavy atom. The number of rotatable bonds is 8. The fourth-order valence-electron chi connectivity index (χ4n) is 7.29. The van der Waals surface area contributed by atoms with Crippen LogP contribution in [-0.2, 0) is 4.74 Å². The Morgan fingerprint density at radius 2 is 1.80 bits per heavy atom. The summed E-state index contributed by atoms with van der Waals surface area (Å²) in [6, 6.07) is 5.29. The smallest absolute Gasteiger partial charge is 0.188 e. The summed E-state index contributed by atoms with van der Waals surface area (Å²) in [5.41, 5.74) is 0.723. The van der Waals surface area contributed by atoms with E-state index in [1.807, 2.05) is 0 Å². The molecular weight excluding hydrogens is 509 g/mol. The van der Waals surface area contributed by atoms with Crippen LogP contribution in [0.3, 0.4) is 0 Å². The Labute approximate surface area is 236 Å². The van der Waals surface area contributed by atoms with Crippen LogP contribution in [0.1, 0.15) is 68.1 Å². The first-order valence-electron chi connectivity index (χ1n) is 15.1. The molecule has 0 bridgehead atoms. The summed E-state index contributed by atoms with van der Waals surface area (Å²) in [5.74, 6) is 1.62. The highest BCUT2D eigenvalue weighted by atomic mass is 19.1. The Kier molecular flexibility index (Phi) is 8.60. The quantitative estimate of drug-likeness (QED) is 0.467. The molecule has 8 nitrogen and oxygen atoms in total. The first-order chi connectivity index (χ1) is 19.6. The van der Waals surface area contributed by atoms with E-state index in [1.54, 1.807) is 6.20 Å². The molecule has 1 atom stereocenters. The number of aldehydes is 1. The first kappa shape index (κ1) is 27.5. The number of nitrogens with zero attached hydrogens (tertiary/aromatic N) is 4. The van der Waals surface area contributed by atoms with E-state index >= 15 is 0 Å². The number of aromatic nitrogens is 2. The molecule has 3 aliphatic heterocycles. The zero-order chi connectivity index (χ0) is 27.4. The number of carbonyl (C=O) groups is 1. The maximum Gasteiger partial charge on any atom is 0.188 e. The highest BCUT2D eigenvalue weighted by Gasteiger charge is 2.39. The number of piperidine rings is 1. The number of likely N-dealkylation sites (tertiary alicyclic amines) is 1. The number of benzene rings is 1. The van der Waals surface area contributed by atoms with E-state index in [-0.39, 0.29) is 5.56 Å². The molecule has 1 N–H and O–H groups in total. The van der Waals surface area contributed by atoms with Gasteiger partial charge in [0.05, 0.1) is 11.8 Å². The normalized spacial score (nSPS) is 24.4. The predicted octanol–water partition coefficient (Wildman–Crippen LogP) is 4.84. The SMILES string of the molecule is O=Cc1cc(F)ccc1Oc1cncnc1N1CCC(CN2CCC3(CCC(NC4CCOCC4)CC3)CC2)C1. The third kappa shape index (κ3) is 6.47. The highest BCUT2D eigenvalue weighted by Crippen LogP contribution is 2.45. The number of nitrogens with one attached hydrogen (secondary N) is 1. The molecule has 6 rings (SSSR count). The zero-order valence-corrected chi connectivity index (χ0v) is 23.4. The van der Waals surface area contributed by atoms with Gasteiger partial charge in [0, 0.05) is 44.9 Å². The molecule has 0 radical (unpaired) electrons. The molecule has 3 saturated heterocycles. The second-order valence-electron chi connectivity index (χ2n) is 12.3. The molecule has 9 heteroatoms. The molecule has 4 heterocycles. The van der Waals surface area contributed by atoms with E-state index in [4.69, 9.17) is 9.47 Å². The summed E-state index contributed by atoms with van der Waals surface area (Å²) in [4.78, 5) is 25.0. The van der Waals surface area contributed by atoms with Gasteiger partial charge in [0.1, 0.15) is 17.9 Å². The van der Waals surface area contributed by atoms with Crippen LogP contribution >= 0.6 is 0 Å². The van der Waals surface area contributed by atoms with Crippen molar-refractivity contribution in [2.45, 2.75) is 69.9 Å². The van der Waals surface area contributed by atoms with Gasteiger partial charge in [-0.3, -0.25) is 4.79 Å². The van der Waals surface area contributed by atoms with Crippen molar-refractivity contribution in [1.82, 2.24) is 20.2 Å². The molecule has 1 aromatic carbocycles. The van der Waals surface area contributed by atoms with E-state index < -0.39 is 5.82 Å². The van der Waals surface area contributed by atoms with Gasteiger partial charge in [0.25, 0.3) is 0 Å². The van der Waals surface area contributed by atoms with Crippen molar-refractivity contribution in [3.63, 3.8) is 0 Å². The third-order valence-electron chi connectivity index (χ3n) is 9.74. The largest absolute Gasteiger partial charge is 0.451 e. The Morgan fingerprint density at radius 1 is 1.02 bits per heavy atom. The fourth-order valence-corrected chi connectivity index (χ4v) is 7.29. The van der Waals surface area contributed by atoms with Gasteiger partial charge in [-0.05, 0) is 100 Å². The summed E-state index contributed by atoms with van der Waals surface area (Å²) >= 11 is 0. The van der Waals surface area contributed by atoms with Gasteiger partial charge >= 0.3 is 0 Å². The van der Waals surface area contributed by atoms with Crippen molar-refractivity contribution in [3.8, 4) is 11.5 Å². The minimum absolute atomic E-state index is 0.168. The van der Waals surface area contributed by atoms with Crippen LogP contribution in [0.2, 0.25) is 0 Å². The van der Waals surface area contributed by atoms with E-state index in [0.717, 1.165) is 57.9 Å². The lowest BCUT2D eigenvalue weighted by Crippen LogP contribution is -2.48. The van der Waals surface area contributed by atoms with Crippen LogP contribution in [0.25, 0.3) is 0 Å². The minimum atomic E-state index is -0.472. The number of carbonyl (C=O) groups excluding carboxylic acids is 1. The van der Waals surface area contributed by atoms with Crippen molar-refractivity contribution < 1.29 is 18.7 Å². The molecule has 2 aromatic rings. The lowest BCUT2D eigenvalue weighted by molar-refractivity contribution is 0.0426. The maximum atomic E-state index is 13.6. The van der Waals surface area contributed by atoms with E-state index in [0.29, 0.717) is 41.2 Å². The van der Waals surface area contributed by atoms with Crippen molar-refractivity contribution >= 4 is 12.1 Å². The van der Waals surface area contributed by atoms with Crippen molar-refractivity contribution in [3.05, 3.63) is 42.1 Å². The number of ether oxygens (including phenoxy) is 2. The van der Waals surface area contributed by atoms with Crippen molar-refractivity contribution in [2.75, 3.05) is 50.8 Å². The Hall–Kier alpha value is -2.62. The van der Waals surface area contributed by atoms with E-state index in [9.17, 15) is 9.18 Å². The van der Waals surface area contributed by atoms with Gasteiger partial charge in [-0.2, -0.15) is 0 Å². The lowest BCUT2D eigenvalue weighted by atomic mass is 9.67. The van der Waals surface area contributed by atoms with Crippen molar-refractivity contribution in [1.29, 1.82) is 0 Å². The van der Waals surface area contributed by atoms with Gasteiger partial charge < -0.3 is 24.6 Å².